The van der Waals surface area contributed by atoms with Crippen molar-refractivity contribution in [2.24, 2.45) is 5.92 Å². The third-order valence-electron chi connectivity index (χ3n) is 1.11. The molecular weight excluding hydrogens is 136 g/mol. The highest BCUT2D eigenvalue weighted by Crippen LogP contribution is 2.03. The van der Waals surface area contributed by atoms with E-state index in [2.05, 4.69) is 0 Å². The Kier molecular flexibility index (Phi) is 1.23. The predicted molar refractivity (Wildman–Crippen MR) is 27.3 cm³/mol. The van der Waals surface area contributed by atoms with Gasteiger partial charge < -0.3 is 0 Å². The van der Waals surface area contributed by atoms with Gasteiger partial charge in [-0.1, -0.05) is 0 Å². The second-order valence-corrected chi connectivity index (χ2v) is 1.74. The topological polar surface area (TPSA) is 87.0 Å². The molecule has 1 aliphatic heterocycles. The molecule has 5 heteroatoms. The summed E-state index contributed by atoms with van der Waals surface area (Å²) in [5.74, 6) is -4.20. The van der Waals surface area contributed by atoms with Crippen molar-refractivity contribution in [1.29, 1.82) is 5.26 Å². The van der Waals surface area contributed by atoms with Crippen LogP contribution in [0.25, 0.3) is 0 Å². The van der Waals surface area contributed by atoms with Gasteiger partial charge in [-0.15, -0.1) is 0 Å². The first kappa shape index (κ1) is 6.42. The molecule has 0 aromatic carbocycles. The van der Waals surface area contributed by atoms with Gasteiger partial charge in [0.25, 0.3) is 11.8 Å². The molecule has 0 aliphatic carbocycles. The molecular formula is C5H2N2O3. The van der Waals surface area contributed by atoms with Crippen LogP contribution in [0.2, 0.25) is 0 Å². The van der Waals surface area contributed by atoms with Crippen LogP contribution in [-0.2, 0) is 14.4 Å². The molecule has 0 aromatic heterocycles. The van der Waals surface area contributed by atoms with E-state index in [1.807, 2.05) is 0 Å². The molecule has 5 nitrogen and oxygen atoms in total. The second kappa shape index (κ2) is 1.92. The number of imide groups is 1. The van der Waals surface area contributed by atoms with E-state index < -0.39 is 23.5 Å². The summed E-state index contributed by atoms with van der Waals surface area (Å²) in [7, 11) is 0. The Balaban J connectivity index is 2.98. The molecule has 0 bridgehead atoms. The van der Waals surface area contributed by atoms with Gasteiger partial charge in [-0.05, 0) is 0 Å². The van der Waals surface area contributed by atoms with Crippen molar-refractivity contribution in [1.82, 2.24) is 5.32 Å². The fourth-order valence-electron chi connectivity index (χ4n) is 0.613. The average molecular weight is 138 g/mol. The van der Waals surface area contributed by atoms with Crippen LogP contribution in [0.1, 0.15) is 0 Å². The highest BCUT2D eigenvalue weighted by atomic mass is 16.2. The first-order valence-corrected chi connectivity index (χ1v) is 2.45. The number of amides is 2. The van der Waals surface area contributed by atoms with E-state index >= 15 is 0 Å². The molecule has 1 atom stereocenters. The first-order valence-electron chi connectivity index (χ1n) is 2.45. The minimum absolute atomic E-state index is 0.822. The molecule has 1 aliphatic rings. The second-order valence-electron chi connectivity index (χ2n) is 1.74. The van der Waals surface area contributed by atoms with E-state index in [0.717, 1.165) is 0 Å². The highest BCUT2D eigenvalue weighted by molar-refractivity contribution is 6.48. The number of carbonyl (C=O) groups is 3. The lowest BCUT2D eigenvalue weighted by molar-refractivity contribution is -0.135. The lowest BCUT2D eigenvalue weighted by Gasteiger charge is -1.84. The summed E-state index contributed by atoms with van der Waals surface area (Å²) in [6.45, 7) is 0. The fourth-order valence-corrected chi connectivity index (χ4v) is 0.613. The van der Waals surface area contributed by atoms with E-state index in [9.17, 15) is 14.4 Å². The summed E-state index contributed by atoms with van der Waals surface area (Å²) in [6.07, 6.45) is 0. The summed E-state index contributed by atoms with van der Waals surface area (Å²) in [5, 5.41) is 9.86. The molecule has 0 spiro atoms. The van der Waals surface area contributed by atoms with Crippen LogP contribution in [0.5, 0.6) is 0 Å². The SMILES string of the molecule is N#C[C@@H]1C(=O)NC(=O)C1=O. The molecule has 50 valence electrons. The van der Waals surface area contributed by atoms with Crippen LogP contribution in [0.3, 0.4) is 0 Å². The van der Waals surface area contributed by atoms with Crippen molar-refractivity contribution in [2.75, 3.05) is 0 Å². The average Bonchev–Trinajstić information content (AvgIpc) is 2.09. The summed E-state index contributed by atoms with van der Waals surface area (Å²) >= 11 is 0. The lowest BCUT2D eigenvalue weighted by Crippen LogP contribution is -2.22. The number of hydrogen-bond acceptors (Lipinski definition) is 4. The molecule has 2 amide bonds. The maximum absolute atomic E-state index is 10.5. The van der Waals surface area contributed by atoms with Gasteiger partial charge in [-0.25, -0.2) is 0 Å². The van der Waals surface area contributed by atoms with Crippen LogP contribution in [0.4, 0.5) is 0 Å². The van der Waals surface area contributed by atoms with Crippen LogP contribution in [0.15, 0.2) is 0 Å². The number of ketones is 1. The number of rotatable bonds is 0. The van der Waals surface area contributed by atoms with Gasteiger partial charge in [-0.2, -0.15) is 5.26 Å². The number of nitrogens with one attached hydrogen (secondary N) is 1. The third kappa shape index (κ3) is 0.666. The van der Waals surface area contributed by atoms with Crippen molar-refractivity contribution in [3.8, 4) is 6.07 Å². The van der Waals surface area contributed by atoms with E-state index in [0.29, 0.717) is 0 Å². The van der Waals surface area contributed by atoms with Gasteiger partial charge in [0, 0.05) is 0 Å². The minimum atomic E-state index is -1.42. The van der Waals surface area contributed by atoms with Gasteiger partial charge >= 0.3 is 0 Å². The van der Waals surface area contributed by atoms with E-state index in [4.69, 9.17) is 5.26 Å². The van der Waals surface area contributed by atoms with E-state index in [1.54, 1.807) is 5.32 Å². The zero-order valence-electron chi connectivity index (χ0n) is 4.75. The zero-order valence-corrected chi connectivity index (χ0v) is 4.75. The number of Topliss-reactive ketones (excluding diaryl/α,β-unsaturated/α-hetero) is 1. The normalized spacial score (nSPS) is 24.3. The Morgan fingerprint density at radius 1 is 1.40 bits per heavy atom. The van der Waals surface area contributed by atoms with E-state index in [-0.39, 0.29) is 0 Å². The monoisotopic (exact) mass is 138 g/mol. The summed E-state index contributed by atoms with van der Waals surface area (Å²) in [6, 6.07) is 1.41. The van der Waals surface area contributed by atoms with Gasteiger partial charge in [-0.3, -0.25) is 19.7 Å². The maximum Gasteiger partial charge on any atom is 0.295 e. The zero-order chi connectivity index (χ0) is 7.72. The third-order valence-corrected chi connectivity index (χ3v) is 1.11. The van der Waals surface area contributed by atoms with E-state index in [1.165, 1.54) is 6.07 Å². The molecule has 1 rings (SSSR count). The Hall–Kier alpha value is -1.70. The molecule has 0 unspecified atom stereocenters. The van der Waals surface area contributed by atoms with Crippen molar-refractivity contribution in [3.05, 3.63) is 0 Å². The molecule has 10 heavy (non-hydrogen) atoms. The smallest absolute Gasteiger partial charge is 0.288 e. The van der Waals surface area contributed by atoms with Gasteiger partial charge in [0.1, 0.15) is 0 Å². The van der Waals surface area contributed by atoms with Crippen molar-refractivity contribution < 1.29 is 14.4 Å². The summed E-state index contributed by atoms with van der Waals surface area (Å²) < 4.78 is 0. The Bertz CT molecular complexity index is 263. The lowest BCUT2D eigenvalue weighted by atomic mass is 10.1. The molecule has 0 radical (unpaired) electrons. The molecule has 1 N–H and O–H groups in total. The largest absolute Gasteiger partial charge is 0.295 e. The number of nitrogens with zero attached hydrogens (tertiary/aromatic N) is 1. The van der Waals surface area contributed by atoms with Crippen LogP contribution < -0.4 is 5.32 Å². The van der Waals surface area contributed by atoms with Gasteiger partial charge in [0.05, 0.1) is 6.07 Å². The van der Waals surface area contributed by atoms with Crippen molar-refractivity contribution in [2.45, 2.75) is 0 Å². The summed E-state index contributed by atoms with van der Waals surface area (Å²) in [4.78, 5) is 31.3. The van der Waals surface area contributed by atoms with Gasteiger partial charge in [0.15, 0.2) is 5.92 Å². The maximum atomic E-state index is 10.5. The van der Waals surface area contributed by atoms with Crippen LogP contribution in [-0.4, -0.2) is 17.6 Å². The summed E-state index contributed by atoms with van der Waals surface area (Å²) in [5.41, 5.74) is 0. The molecule has 1 saturated heterocycles. The Labute approximate surface area is 55.6 Å². The number of hydrogen-bond donors (Lipinski definition) is 1. The van der Waals surface area contributed by atoms with Crippen LogP contribution >= 0.6 is 0 Å². The first-order chi connectivity index (χ1) is 4.66. The molecule has 0 saturated carbocycles. The molecule has 1 heterocycles. The molecule has 0 aromatic rings. The standard InChI is InChI=1S/C5H2N2O3/c6-1-2-3(8)5(10)7-4(2)9/h2H,(H,7,9,10)/t2-/m0/s1. The Morgan fingerprint density at radius 3 is 2.20 bits per heavy atom. The molecule has 1 fully saturated rings. The minimum Gasteiger partial charge on any atom is -0.288 e. The van der Waals surface area contributed by atoms with Crippen molar-refractivity contribution in [3.63, 3.8) is 0 Å². The van der Waals surface area contributed by atoms with Crippen LogP contribution in [0, 0.1) is 17.2 Å². The Morgan fingerprint density at radius 2 is 2.00 bits per heavy atom. The fraction of sp³-hybridized carbons (Fsp3) is 0.200. The number of nitriles is 1. The number of carbonyl (C=O) groups excluding carboxylic acids is 3. The highest BCUT2D eigenvalue weighted by Gasteiger charge is 2.40. The predicted octanol–water partition coefficient (Wildman–Crippen LogP) is -1.65. The van der Waals surface area contributed by atoms with Gasteiger partial charge in [0.2, 0.25) is 5.78 Å². The van der Waals surface area contributed by atoms with Crippen molar-refractivity contribution >= 4 is 17.6 Å². The quantitative estimate of drug-likeness (QED) is 0.247.